The van der Waals surface area contributed by atoms with Crippen LogP contribution in [0.3, 0.4) is 0 Å². The van der Waals surface area contributed by atoms with Gasteiger partial charge in [-0.15, -0.1) is 68.0 Å². The first kappa shape index (κ1) is 27.8. The van der Waals surface area contributed by atoms with Crippen molar-refractivity contribution < 1.29 is 0 Å². The molecule has 0 spiro atoms. The van der Waals surface area contributed by atoms with Gasteiger partial charge in [-0.25, -0.2) is 0 Å². The number of thiophene rings is 6. The summed E-state index contributed by atoms with van der Waals surface area (Å²) in [6, 6.07) is 20.3. The molecule has 7 heterocycles. The highest BCUT2D eigenvalue weighted by atomic mass is 32.1. The smallest absolute Gasteiger partial charge is 0.101 e. The highest BCUT2D eigenvalue weighted by Gasteiger charge is 2.15. The lowest BCUT2D eigenvalue weighted by Crippen LogP contribution is -1.82. The molecule has 1 aliphatic rings. The van der Waals surface area contributed by atoms with E-state index in [4.69, 9.17) is 11.5 Å². The quantitative estimate of drug-likeness (QED) is 0.158. The van der Waals surface area contributed by atoms with Gasteiger partial charge in [0.15, 0.2) is 0 Å². The van der Waals surface area contributed by atoms with Gasteiger partial charge in [0.05, 0.1) is 32.3 Å². The summed E-state index contributed by atoms with van der Waals surface area (Å²) in [5.41, 5.74) is 14.8. The van der Waals surface area contributed by atoms with Crippen LogP contribution in [0.4, 0.5) is 11.4 Å². The minimum Gasteiger partial charge on any atom is -0.397 e. The van der Waals surface area contributed by atoms with Gasteiger partial charge in [-0.05, 0) is 95.9 Å². The Bertz CT molecular complexity index is 2310. The first-order valence-electron chi connectivity index (χ1n) is 12.6. The van der Waals surface area contributed by atoms with E-state index in [-0.39, 0.29) is 0 Å². The van der Waals surface area contributed by atoms with E-state index in [2.05, 4.69) is 71.6 Å². The number of anilines is 2. The van der Waals surface area contributed by atoms with Crippen LogP contribution in [-0.2, 0) is 0 Å². The number of fused-ring (bicyclic) bond motifs is 16. The maximum atomic E-state index is 9.74. The van der Waals surface area contributed by atoms with Crippen LogP contribution < -0.4 is 11.5 Å². The van der Waals surface area contributed by atoms with Gasteiger partial charge in [-0.3, -0.25) is 0 Å². The molecule has 7 rings (SSSR count). The van der Waals surface area contributed by atoms with Crippen LogP contribution in [0, 0.1) is 70.0 Å². The lowest BCUT2D eigenvalue weighted by Gasteiger charge is -1.90. The molecule has 204 valence electrons. The summed E-state index contributed by atoms with van der Waals surface area (Å²) >= 11 is 9.20. The van der Waals surface area contributed by atoms with Crippen LogP contribution in [-0.4, -0.2) is 0 Å². The van der Waals surface area contributed by atoms with Crippen LogP contribution in [0.25, 0.3) is 39.0 Å². The number of rotatable bonds is 0. The SMILES string of the molecule is N#Cc1cc2sc1C#CC#Cc1sc(cc1N)-c1ccc(s1)-c1cc(N)c(s1)C#CC#Cc1sc(cc1C#N)-c1ccc-2s1. The molecule has 4 N–H and O–H groups in total. The number of hydrogen-bond donors (Lipinski definition) is 2. The Balaban J connectivity index is 1.34. The molecule has 1 aliphatic heterocycles. The molecular weight excluding hydrogens is 657 g/mol. The third-order valence-electron chi connectivity index (χ3n) is 6.24. The number of nitrogens with zero attached hydrogens (tertiary/aromatic N) is 2. The van der Waals surface area contributed by atoms with E-state index in [1.165, 1.54) is 45.3 Å². The maximum absolute atomic E-state index is 9.74. The summed E-state index contributed by atoms with van der Waals surface area (Å²) in [5, 5.41) is 19.5. The molecule has 0 saturated heterocycles. The fraction of sp³-hybridized carbons (Fsp3) is 0. The van der Waals surface area contributed by atoms with Crippen molar-refractivity contribution in [3.05, 3.63) is 79.2 Å². The van der Waals surface area contributed by atoms with Crippen molar-refractivity contribution in [3.8, 4) is 98.5 Å². The van der Waals surface area contributed by atoms with E-state index < -0.39 is 0 Å². The zero-order valence-electron chi connectivity index (χ0n) is 22.1. The summed E-state index contributed by atoms with van der Waals surface area (Å²) in [5.74, 6) is 23.9. The Morgan fingerprint density at radius 1 is 0.432 bits per heavy atom. The highest BCUT2D eigenvalue weighted by Crippen LogP contribution is 2.43. The summed E-state index contributed by atoms with van der Waals surface area (Å²) in [7, 11) is 0. The number of nitrogen functional groups attached to an aromatic ring is 2. The summed E-state index contributed by atoms with van der Waals surface area (Å²) in [6.07, 6.45) is 0. The summed E-state index contributed by atoms with van der Waals surface area (Å²) in [6.45, 7) is 0. The van der Waals surface area contributed by atoms with Crippen molar-refractivity contribution in [1.82, 2.24) is 0 Å². The third kappa shape index (κ3) is 5.32. The van der Waals surface area contributed by atoms with Crippen molar-refractivity contribution in [2.24, 2.45) is 0 Å². The summed E-state index contributed by atoms with van der Waals surface area (Å²) < 4.78 is 0. The lowest BCUT2D eigenvalue weighted by molar-refractivity contribution is 1.50. The maximum Gasteiger partial charge on any atom is 0.101 e. The molecule has 0 aliphatic carbocycles. The average Bonchev–Trinajstić information content (AvgIpc) is 3.86. The van der Waals surface area contributed by atoms with Crippen LogP contribution in [0.1, 0.15) is 30.6 Å². The van der Waals surface area contributed by atoms with Crippen molar-refractivity contribution in [2.45, 2.75) is 0 Å². The fourth-order valence-electron chi connectivity index (χ4n) is 4.18. The Morgan fingerprint density at radius 2 is 0.750 bits per heavy atom. The second-order valence-electron chi connectivity index (χ2n) is 9.05. The monoisotopic (exact) mass is 668 g/mol. The molecule has 0 unspecified atom stereocenters. The molecule has 0 radical (unpaired) electrons. The molecule has 0 saturated carbocycles. The van der Waals surface area contributed by atoms with Gasteiger partial charge in [0, 0.05) is 39.0 Å². The van der Waals surface area contributed by atoms with Gasteiger partial charge in [0.2, 0.25) is 0 Å². The lowest BCUT2D eigenvalue weighted by atomic mass is 10.2. The van der Waals surface area contributed by atoms with E-state index >= 15 is 0 Å². The van der Waals surface area contributed by atoms with Gasteiger partial charge in [0.1, 0.15) is 21.9 Å². The molecule has 0 atom stereocenters. The van der Waals surface area contributed by atoms with Crippen molar-refractivity contribution >= 4 is 79.4 Å². The topological polar surface area (TPSA) is 99.6 Å². The molecule has 12 bridgehead atoms. The van der Waals surface area contributed by atoms with E-state index in [1.54, 1.807) is 22.7 Å². The Kier molecular flexibility index (Phi) is 7.34. The second kappa shape index (κ2) is 11.6. The largest absolute Gasteiger partial charge is 0.397 e. The number of nitriles is 2. The Morgan fingerprint density at radius 3 is 1.11 bits per heavy atom. The van der Waals surface area contributed by atoms with Crippen LogP contribution in [0.5, 0.6) is 0 Å². The first-order chi connectivity index (χ1) is 21.5. The number of hydrogen-bond acceptors (Lipinski definition) is 10. The van der Waals surface area contributed by atoms with Crippen LogP contribution in [0.15, 0.2) is 48.5 Å². The minimum atomic E-state index is 0.513. The molecule has 10 heteroatoms. The van der Waals surface area contributed by atoms with Crippen molar-refractivity contribution in [1.29, 1.82) is 10.5 Å². The van der Waals surface area contributed by atoms with E-state index in [0.29, 0.717) is 32.3 Å². The minimum absolute atomic E-state index is 0.513. The Labute approximate surface area is 277 Å². The van der Waals surface area contributed by atoms with E-state index in [1.807, 2.05) is 36.4 Å². The van der Waals surface area contributed by atoms with Crippen molar-refractivity contribution in [2.75, 3.05) is 11.5 Å². The highest BCUT2D eigenvalue weighted by molar-refractivity contribution is 7.27. The van der Waals surface area contributed by atoms with Crippen molar-refractivity contribution in [3.63, 3.8) is 0 Å². The normalized spacial score (nSPS) is 10.9. The van der Waals surface area contributed by atoms with Crippen LogP contribution in [0.2, 0.25) is 0 Å². The molecule has 4 nitrogen and oxygen atoms in total. The van der Waals surface area contributed by atoms with Gasteiger partial charge in [0.25, 0.3) is 0 Å². The van der Waals surface area contributed by atoms with Gasteiger partial charge >= 0.3 is 0 Å². The van der Waals surface area contributed by atoms with Gasteiger partial charge in [-0.1, -0.05) is 0 Å². The Hall–Kier alpha value is -4.98. The van der Waals surface area contributed by atoms with Crippen LogP contribution >= 0.6 is 68.0 Å². The predicted octanol–water partition coefficient (Wildman–Crippen LogP) is 8.75. The van der Waals surface area contributed by atoms with Gasteiger partial charge in [-0.2, -0.15) is 10.5 Å². The van der Waals surface area contributed by atoms with Gasteiger partial charge < -0.3 is 11.5 Å². The zero-order valence-corrected chi connectivity index (χ0v) is 27.0. The molecule has 0 fully saturated rings. The fourth-order valence-corrected chi connectivity index (χ4v) is 10.3. The average molecular weight is 669 g/mol. The number of nitrogens with two attached hydrogens (primary N) is 2. The molecular formula is C34H12N4S6. The molecule has 0 aromatic carbocycles. The third-order valence-corrected chi connectivity index (χ3v) is 13.4. The molecule has 44 heavy (non-hydrogen) atoms. The zero-order chi connectivity index (χ0) is 30.2. The standard InChI is InChI=1S/C34H12N4S6/c35-17-19-13-31-27-9-10-28(43-27)32-14-20(18-36)24(40-32)6-2-4-8-26-22(38)16-34(42-26)30-12-11-29(44-30)33-15-21(37)25(41-33)7-3-1-5-23(19)39-31/h9-16H,37-38H2. The molecule has 6 aromatic rings. The predicted molar refractivity (Wildman–Crippen MR) is 188 cm³/mol. The second-order valence-corrected chi connectivity index (χ2v) is 15.4. The molecule has 0 amide bonds. The van der Waals surface area contributed by atoms with E-state index in [0.717, 1.165) is 48.8 Å². The summed E-state index contributed by atoms with van der Waals surface area (Å²) in [4.78, 5) is 10.9. The first-order valence-corrected chi connectivity index (χ1v) is 17.5. The van der Waals surface area contributed by atoms with E-state index in [9.17, 15) is 10.5 Å². The molecule has 6 aromatic heterocycles.